The first kappa shape index (κ1) is 30.5. The molecular weight excluding hydrogens is 557 g/mol. The Morgan fingerprint density at radius 3 is 2.26 bits per heavy atom. The summed E-state index contributed by atoms with van der Waals surface area (Å²) in [4.78, 5) is 13.8. The number of carbonyl (C=O) groups excluding carboxylic acids is 1. The molecular formula is C25H33F3N2O5S2Si. The molecule has 210 valence electrons. The number of hydrogen-bond donors (Lipinski definition) is 1. The fourth-order valence-electron chi connectivity index (χ4n) is 4.07. The minimum atomic E-state index is -4.74. The van der Waals surface area contributed by atoms with Crippen molar-refractivity contribution in [1.29, 1.82) is 0 Å². The maximum absolute atomic E-state index is 13.6. The molecule has 1 N–H and O–H groups in total. The molecule has 1 unspecified atom stereocenters. The third-order valence-electron chi connectivity index (χ3n) is 5.86. The Labute approximate surface area is 227 Å². The summed E-state index contributed by atoms with van der Waals surface area (Å²) in [7, 11) is -5.87. The minimum absolute atomic E-state index is 0.110. The van der Waals surface area contributed by atoms with Crippen LogP contribution in [0.15, 0.2) is 58.3 Å². The van der Waals surface area contributed by atoms with Crippen LogP contribution in [0.3, 0.4) is 0 Å². The van der Waals surface area contributed by atoms with Crippen molar-refractivity contribution in [2.75, 3.05) is 13.1 Å². The highest BCUT2D eigenvalue weighted by molar-refractivity contribution is 8.00. The smallest absolute Gasteiger partial charge is 0.406 e. The number of thioether (sulfide) groups is 1. The molecule has 1 fully saturated rings. The van der Waals surface area contributed by atoms with Gasteiger partial charge >= 0.3 is 6.36 Å². The van der Waals surface area contributed by atoms with E-state index >= 15 is 0 Å². The number of benzene rings is 2. The van der Waals surface area contributed by atoms with E-state index in [-0.39, 0.29) is 21.8 Å². The summed E-state index contributed by atoms with van der Waals surface area (Å²) in [5, 5.41) is 0.110. The molecule has 1 aliphatic heterocycles. The second-order valence-electron chi connectivity index (χ2n) is 9.92. The van der Waals surface area contributed by atoms with Crippen molar-refractivity contribution >= 4 is 36.0 Å². The van der Waals surface area contributed by atoms with E-state index in [1.165, 1.54) is 34.3 Å². The summed E-state index contributed by atoms with van der Waals surface area (Å²) >= 11 is 1.50. The normalized spacial score (nSPS) is 16.7. The van der Waals surface area contributed by atoms with Crippen LogP contribution in [0.4, 0.5) is 13.2 Å². The highest BCUT2D eigenvalue weighted by Crippen LogP contribution is 2.35. The number of hydroxylamine groups is 1. The minimum Gasteiger partial charge on any atom is -0.406 e. The number of amides is 1. The molecule has 0 spiro atoms. The molecule has 3 rings (SSSR count). The molecule has 13 heteroatoms. The Balaban J connectivity index is 1.67. The van der Waals surface area contributed by atoms with E-state index in [0.717, 1.165) is 4.90 Å². The Bertz CT molecular complexity index is 1200. The predicted octanol–water partition coefficient (Wildman–Crippen LogP) is 5.91. The molecule has 1 amide bonds. The van der Waals surface area contributed by atoms with Crippen molar-refractivity contribution in [3.63, 3.8) is 0 Å². The number of ether oxygens (including phenoxy) is 1. The van der Waals surface area contributed by atoms with E-state index in [1.807, 2.05) is 26.6 Å². The van der Waals surface area contributed by atoms with Crippen molar-refractivity contribution in [3.05, 3.63) is 54.1 Å². The van der Waals surface area contributed by atoms with Gasteiger partial charge in [-0.25, -0.2) is 13.9 Å². The first-order valence-corrected chi connectivity index (χ1v) is 18.0. The van der Waals surface area contributed by atoms with Gasteiger partial charge in [0.15, 0.2) is 0 Å². The Hall–Kier alpha value is -2.06. The maximum Gasteiger partial charge on any atom is 0.573 e. The van der Waals surface area contributed by atoms with Gasteiger partial charge in [-0.3, -0.25) is 4.79 Å². The lowest BCUT2D eigenvalue weighted by atomic mass is 9.96. The van der Waals surface area contributed by atoms with Gasteiger partial charge in [0.25, 0.3) is 0 Å². The second kappa shape index (κ2) is 12.4. The SMILES string of the molecule is CCC(C(=O)NO[Si](C)(C)C)c1ccccc1S(=O)(=O)N1CCC(Sc2ccc(OC(F)(F)F)cc2)CC1. The van der Waals surface area contributed by atoms with Crippen LogP contribution in [0.1, 0.15) is 37.7 Å². The van der Waals surface area contributed by atoms with Gasteiger partial charge in [0.05, 0.1) is 10.8 Å². The number of carbonyl (C=O) groups is 1. The second-order valence-corrected chi connectivity index (χ2v) is 17.6. The number of alkyl halides is 3. The Morgan fingerprint density at radius 2 is 1.71 bits per heavy atom. The first-order chi connectivity index (χ1) is 17.7. The van der Waals surface area contributed by atoms with Gasteiger partial charge in [0.2, 0.25) is 24.2 Å². The summed E-state index contributed by atoms with van der Waals surface area (Å²) in [6.45, 7) is 8.23. The standard InChI is InChI=1S/C25H33F3N2O5S2Si/c1-5-21(24(31)29-35-38(2,3)4)22-8-6-7-9-23(22)37(32,33)30-16-14-20(15-17-30)36-19-12-10-18(11-13-19)34-25(26,27)28/h6-13,20-21H,5,14-17H2,1-4H3,(H,29,31). The molecule has 2 aromatic rings. The van der Waals surface area contributed by atoms with E-state index in [1.54, 1.807) is 30.3 Å². The summed E-state index contributed by atoms with van der Waals surface area (Å²) in [5.74, 6) is -1.35. The lowest BCUT2D eigenvalue weighted by Gasteiger charge is -2.32. The van der Waals surface area contributed by atoms with Gasteiger partial charge in [0, 0.05) is 23.2 Å². The van der Waals surface area contributed by atoms with E-state index in [4.69, 9.17) is 4.53 Å². The number of halogens is 3. The molecule has 1 atom stereocenters. The third kappa shape index (κ3) is 8.47. The van der Waals surface area contributed by atoms with Crippen molar-refractivity contribution < 1.29 is 35.6 Å². The fraction of sp³-hybridized carbons (Fsp3) is 0.480. The zero-order chi connectivity index (χ0) is 28.1. The molecule has 7 nitrogen and oxygen atoms in total. The van der Waals surface area contributed by atoms with Crippen molar-refractivity contribution in [2.45, 2.75) is 73.1 Å². The van der Waals surface area contributed by atoms with Crippen LogP contribution in [0.5, 0.6) is 5.75 Å². The van der Waals surface area contributed by atoms with E-state index in [2.05, 4.69) is 10.2 Å². The average Bonchev–Trinajstić information content (AvgIpc) is 2.84. The van der Waals surface area contributed by atoms with Gasteiger partial charge in [-0.05, 0) is 74.8 Å². The van der Waals surface area contributed by atoms with Crippen LogP contribution in [0.25, 0.3) is 0 Å². The third-order valence-corrected chi connectivity index (χ3v) is 9.89. The number of hydrogen-bond acceptors (Lipinski definition) is 6. The molecule has 1 saturated heterocycles. The van der Waals surface area contributed by atoms with Crippen molar-refractivity contribution in [2.24, 2.45) is 0 Å². The lowest BCUT2D eigenvalue weighted by Crippen LogP contribution is -2.41. The number of sulfonamides is 1. The van der Waals surface area contributed by atoms with Crippen LogP contribution in [0, 0.1) is 0 Å². The van der Waals surface area contributed by atoms with Crippen LogP contribution < -0.4 is 10.2 Å². The molecule has 0 aliphatic carbocycles. The van der Waals surface area contributed by atoms with E-state index < -0.39 is 30.6 Å². The summed E-state index contributed by atoms with van der Waals surface area (Å²) in [5.41, 5.74) is 2.96. The topological polar surface area (TPSA) is 84.9 Å². The zero-order valence-electron chi connectivity index (χ0n) is 21.7. The van der Waals surface area contributed by atoms with Gasteiger partial charge in [-0.1, -0.05) is 25.1 Å². The Kier molecular flexibility index (Phi) is 9.96. The molecule has 38 heavy (non-hydrogen) atoms. The van der Waals surface area contributed by atoms with Gasteiger partial charge in [-0.2, -0.15) is 4.31 Å². The quantitative estimate of drug-likeness (QED) is 0.274. The largest absolute Gasteiger partial charge is 0.573 e. The van der Waals surface area contributed by atoms with Gasteiger partial charge < -0.3 is 9.26 Å². The Morgan fingerprint density at radius 1 is 1.11 bits per heavy atom. The maximum atomic E-state index is 13.6. The van der Waals surface area contributed by atoms with Crippen molar-refractivity contribution in [3.8, 4) is 5.75 Å². The van der Waals surface area contributed by atoms with Crippen LogP contribution in [0.2, 0.25) is 19.6 Å². The average molecular weight is 591 g/mol. The molecule has 1 aliphatic rings. The van der Waals surface area contributed by atoms with Crippen LogP contribution in [-0.4, -0.2) is 51.6 Å². The summed E-state index contributed by atoms with van der Waals surface area (Å²) < 4.78 is 75.3. The van der Waals surface area contributed by atoms with Crippen molar-refractivity contribution in [1.82, 2.24) is 9.79 Å². The fourth-order valence-corrected chi connectivity index (χ4v) is 7.33. The van der Waals surface area contributed by atoms with Crippen LogP contribution >= 0.6 is 11.8 Å². The number of nitrogens with one attached hydrogen (secondary N) is 1. The molecule has 1 heterocycles. The van der Waals surface area contributed by atoms with Gasteiger partial charge in [0.1, 0.15) is 5.75 Å². The highest BCUT2D eigenvalue weighted by Gasteiger charge is 2.34. The molecule has 0 bridgehead atoms. The molecule has 0 saturated carbocycles. The first-order valence-electron chi connectivity index (χ1n) is 12.3. The van der Waals surface area contributed by atoms with Crippen LogP contribution in [-0.2, 0) is 19.3 Å². The summed E-state index contributed by atoms with van der Waals surface area (Å²) in [6.07, 6.45) is -3.18. The van der Waals surface area contributed by atoms with E-state index in [9.17, 15) is 26.4 Å². The number of nitrogens with zero attached hydrogens (tertiary/aromatic N) is 1. The lowest BCUT2D eigenvalue weighted by molar-refractivity contribution is -0.274. The highest BCUT2D eigenvalue weighted by atomic mass is 32.2. The monoisotopic (exact) mass is 590 g/mol. The molecule has 0 aromatic heterocycles. The number of piperidine rings is 1. The number of rotatable bonds is 10. The summed E-state index contributed by atoms with van der Waals surface area (Å²) in [6, 6.07) is 12.2. The van der Waals surface area contributed by atoms with E-state index in [0.29, 0.717) is 37.9 Å². The molecule has 0 radical (unpaired) electrons. The van der Waals surface area contributed by atoms with Gasteiger partial charge in [-0.15, -0.1) is 24.9 Å². The molecule has 2 aromatic carbocycles. The predicted molar refractivity (Wildman–Crippen MR) is 143 cm³/mol. The zero-order valence-corrected chi connectivity index (χ0v) is 24.4.